The summed E-state index contributed by atoms with van der Waals surface area (Å²) in [5, 5.41) is 16.9. The molecule has 2 N–H and O–H groups in total. The largest absolute Gasteiger partial charge is 0.474 e. The second-order valence-corrected chi connectivity index (χ2v) is 5.50. The Morgan fingerprint density at radius 3 is 3.09 bits per heavy atom. The molecule has 1 aliphatic rings. The number of hydrogen-bond acceptors (Lipinski definition) is 4. The molecule has 3 rings (SSSR count). The third kappa shape index (κ3) is 3.04. The quantitative estimate of drug-likeness (QED) is 0.906. The highest BCUT2D eigenvalue weighted by molar-refractivity contribution is 5.52. The van der Waals surface area contributed by atoms with E-state index >= 15 is 0 Å². The third-order valence-electron chi connectivity index (χ3n) is 3.53. The lowest BCUT2D eigenvalue weighted by atomic mass is 10.1. The molecule has 0 saturated carbocycles. The molecule has 0 fully saturated rings. The molecule has 5 nitrogen and oxygen atoms in total. The first-order valence-corrected chi connectivity index (χ1v) is 7.10. The average Bonchev–Trinajstić information content (AvgIpc) is 2.84. The van der Waals surface area contributed by atoms with Gasteiger partial charge in [0.25, 0.3) is 0 Å². The minimum Gasteiger partial charge on any atom is -0.474 e. The highest BCUT2D eigenvalue weighted by Crippen LogP contribution is 2.28. The molecule has 2 atom stereocenters. The number of aliphatic hydroxyl groups is 1. The fourth-order valence-corrected chi connectivity index (χ4v) is 2.52. The number of rotatable bonds is 4. The van der Waals surface area contributed by atoms with Gasteiger partial charge in [0.15, 0.2) is 0 Å². The van der Waals surface area contributed by atoms with Crippen molar-refractivity contribution >= 4 is 5.69 Å². The van der Waals surface area contributed by atoms with Crippen molar-refractivity contribution in [2.45, 2.75) is 32.0 Å². The number of aliphatic hydroxyl groups excluding tert-OH is 1. The number of benzene rings is 1. The van der Waals surface area contributed by atoms with Crippen LogP contribution < -0.4 is 10.1 Å². The van der Waals surface area contributed by atoms with Crippen LogP contribution in [0, 0.1) is 11.6 Å². The summed E-state index contributed by atoms with van der Waals surface area (Å²) in [7, 11) is 0. The van der Waals surface area contributed by atoms with Gasteiger partial charge < -0.3 is 15.2 Å². The molecule has 0 radical (unpaired) electrons. The smallest absolute Gasteiger partial charge is 0.236 e. The molecule has 1 aromatic heterocycles. The van der Waals surface area contributed by atoms with E-state index in [-0.39, 0.29) is 12.6 Å². The Balaban J connectivity index is 1.68. The number of fused-ring (bicyclic) bond motifs is 1. The zero-order chi connectivity index (χ0) is 15.7. The molecule has 1 aliphatic heterocycles. The van der Waals surface area contributed by atoms with Gasteiger partial charge in [-0.3, -0.25) is 0 Å². The van der Waals surface area contributed by atoms with Crippen LogP contribution in [0.3, 0.4) is 0 Å². The lowest BCUT2D eigenvalue weighted by molar-refractivity contribution is 0.0562. The predicted molar refractivity (Wildman–Crippen MR) is 76.9 cm³/mol. The average molecular weight is 309 g/mol. The van der Waals surface area contributed by atoms with Gasteiger partial charge in [0.1, 0.15) is 30.0 Å². The maximum Gasteiger partial charge on any atom is 0.236 e. The number of anilines is 1. The first-order valence-electron chi connectivity index (χ1n) is 7.10. The van der Waals surface area contributed by atoms with E-state index in [0.717, 1.165) is 6.07 Å². The molecule has 2 heterocycles. The van der Waals surface area contributed by atoms with Crippen LogP contribution in [0.5, 0.6) is 5.88 Å². The van der Waals surface area contributed by atoms with Gasteiger partial charge in [-0.2, -0.15) is 5.10 Å². The predicted octanol–water partition coefficient (Wildman–Crippen LogP) is 1.96. The summed E-state index contributed by atoms with van der Waals surface area (Å²) in [6, 6.07) is 3.49. The van der Waals surface area contributed by atoms with E-state index in [1.165, 1.54) is 12.1 Å². The van der Waals surface area contributed by atoms with E-state index < -0.39 is 17.7 Å². The van der Waals surface area contributed by atoms with Crippen LogP contribution in [0.2, 0.25) is 0 Å². The van der Waals surface area contributed by atoms with Crippen molar-refractivity contribution < 1.29 is 18.6 Å². The van der Waals surface area contributed by atoms with E-state index in [4.69, 9.17) is 4.74 Å². The number of halogens is 2. The third-order valence-corrected chi connectivity index (χ3v) is 3.53. The number of ether oxygens (including phenoxy) is 1. The van der Waals surface area contributed by atoms with Gasteiger partial charge in [-0.05, 0) is 25.0 Å². The Morgan fingerprint density at radius 1 is 1.50 bits per heavy atom. The van der Waals surface area contributed by atoms with Crippen molar-refractivity contribution in [2.24, 2.45) is 0 Å². The standard InChI is InChI=1S/C15H17F2N3O2/c1-9(4-10-2-3-11(16)5-13(10)17)19-14-6-18-20-7-12(21)8-22-15(14)20/h2-3,5-6,9,12,19,21H,4,7-8H2,1H3. The number of aromatic nitrogens is 2. The molecular formula is C15H17F2N3O2. The summed E-state index contributed by atoms with van der Waals surface area (Å²) >= 11 is 0. The molecule has 0 amide bonds. The summed E-state index contributed by atoms with van der Waals surface area (Å²) in [5.74, 6) is -0.568. The Kier molecular flexibility index (Phi) is 3.98. The molecule has 0 bridgehead atoms. The van der Waals surface area contributed by atoms with Crippen molar-refractivity contribution in [3.8, 4) is 5.88 Å². The molecule has 2 aromatic rings. The molecule has 1 aromatic carbocycles. The molecule has 2 unspecified atom stereocenters. The Hall–Kier alpha value is -2.15. The highest BCUT2D eigenvalue weighted by atomic mass is 19.1. The molecule has 7 heteroatoms. The first kappa shape index (κ1) is 14.8. The Labute approximate surface area is 126 Å². The van der Waals surface area contributed by atoms with Crippen molar-refractivity contribution in [1.82, 2.24) is 9.78 Å². The normalized spacial score (nSPS) is 18.5. The zero-order valence-electron chi connectivity index (χ0n) is 12.1. The van der Waals surface area contributed by atoms with E-state index in [1.807, 2.05) is 6.92 Å². The lowest BCUT2D eigenvalue weighted by Crippen LogP contribution is -2.30. The maximum absolute atomic E-state index is 13.7. The second kappa shape index (κ2) is 5.92. The van der Waals surface area contributed by atoms with Crippen molar-refractivity contribution in [2.75, 3.05) is 11.9 Å². The Morgan fingerprint density at radius 2 is 2.32 bits per heavy atom. The topological polar surface area (TPSA) is 59.3 Å². The van der Waals surface area contributed by atoms with Gasteiger partial charge >= 0.3 is 0 Å². The highest BCUT2D eigenvalue weighted by Gasteiger charge is 2.22. The Bertz CT molecular complexity index is 675. The van der Waals surface area contributed by atoms with Crippen LogP contribution in [0.1, 0.15) is 12.5 Å². The lowest BCUT2D eigenvalue weighted by Gasteiger charge is -2.22. The van der Waals surface area contributed by atoms with Gasteiger partial charge in [0.2, 0.25) is 5.88 Å². The number of hydrogen-bond donors (Lipinski definition) is 2. The molecule has 0 aliphatic carbocycles. The molecule has 0 spiro atoms. The number of nitrogens with zero attached hydrogens (tertiary/aromatic N) is 2. The van der Waals surface area contributed by atoms with Crippen LogP contribution in [-0.2, 0) is 13.0 Å². The molecule has 22 heavy (non-hydrogen) atoms. The van der Waals surface area contributed by atoms with Crippen molar-refractivity contribution in [1.29, 1.82) is 0 Å². The van der Waals surface area contributed by atoms with Crippen LogP contribution in [0.15, 0.2) is 24.4 Å². The van der Waals surface area contributed by atoms with Crippen molar-refractivity contribution in [3.63, 3.8) is 0 Å². The van der Waals surface area contributed by atoms with Gasteiger partial charge in [0.05, 0.1) is 12.7 Å². The minimum atomic E-state index is -0.584. The minimum absolute atomic E-state index is 0.0932. The molecular weight excluding hydrogens is 292 g/mol. The fourth-order valence-electron chi connectivity index (χ4n) is 2.52. The van der Waals surface area contributed by atoms with Crippen molar-refractivity contribution in [3.05, 3.63) is 41.6 Å². The summed E-state index contributed by atoms with van der Waals surface area (Å²) in [4.78, 5) is 0. The van der Waals surface area contributed by atoms with Crippen LogP contribution >= 0.6 is 0 Å². The summed E-state index contributed by atoms with van der Waals surface area (Å²) in [6.45, 7) is 2.50. The van der Waals surface area contributed by atoms with E-state index in [9.17, 15) is 13.9 Å². The van der Waals surface area contributed by atoms with Crippen LogP contribution in [-0.4, -0.2) is 33.6 Å². The van der Waals surface area contributed by atoms with Gasteiger partial charge in [0, 0.05) is 12.1 Å². The SMILES string of the molecule is CC(Cc1ccc(F)cc1F)Nc1cnn2c1OCC(O)C2. The zero-order valence-corrected chi connectivity index (χ0v) is 12.1. The van der Waals surface area contributed by atoms with Crippen LogP contribution in [0.25, 0.3) is 0 Å². The van der Waals surface area contributed by atoms with Crippen LogP contribution in [0.4, 0.5) is 14.5 Å². The van der Waals surface area contributed by atoms with Gasteiger partial charge in [-0.1, -0.05) is 6.07 Å². The monoisotopic (exact) mass is 309 g/mol. The number of nitrogens with one attached hydrogen (secondary N) is 1. The van der Waals surface area contributed by atoms with E-state index in [1.54, 1.807) is 10.9 Å². The van der Waals surface area contributed by atoms with E-state index in [2.05, 4.69) is 10.4 Å². The summed E-state index contributed by atoms with van der Waals surface area (Å²) < 4.78 is 33.6. The fraction of sp³-hybridized carbons (Fsp3) is 0.400. The maximum atomic E-state index is 13.7. The summed E-state index contributed by atoms with van der Waals surface area (Å²) in [5.41, 5.74) is 1.14. The second-order valence-electron chi connectivity index (χ2n) is 5.50. The molecule has 0 saturated heterocycles. The van der Waals surface area contributed by atoms with E-state index in [0.29, 0.717) is 30.1 Å². The first-order chi connectivity index (χ1) is 10.5. The van der Waals surface area contributed by atoms with Gasteiger partial charge in [-0.25, -0.2) is 13.5 Å². The molecule has 118 valence electrons. The summed E-state index contributed by atoms with van der Waals surface area (Å²) in [6.07, 6.45) is 1.45. The van der Waals surface area contributed by atoms with Gasteiger partial charge in [-0.15, -0.1) is 0 Å².